The number of hydrogen-bond donors (Lipinski definition) is 3. The molecule has 0 bridgehead atoms. The lowest BCUT2D eigenvalue weighted by molar-refractivity contribution is -0.124. The van der Waals surface area contributed by atoms with E-state index in [2.05, 4.69) is 35.0 Å². The molecule has 3 rings (SSSR count). The van der Waals surface area contributed by atoms with Gasteiger partial charge in [0.15, 0.2) is 0 Å². The number of amides is 1. The SMILES string of the molecule is O=C(/C=C/c1ccc(CNCCC2C=CC=C3C=CSC32)cc1)NO. The van der Waals surface area contributed by atoms with Gasteiger partial charge in [0.1, 0.15) is 0 Å². The molecule has 2 atom stereocenters. The molecule has 0 aromatic heterocycles. The summed E-state index contributed by atoms with van der Waals surface area (Å²) in [5, 5.41) is 14.8. The highest BCUT2D eigenvalue weighted by molar-refractivity contribution is 8.03. The van der Waals surface area contributed by atoms with Crippen LogP contribution in [0.2, 0.25) is 0 Å². The van der Waals surface area contributed by atoms with Gasteiger partial charge in [-0.3, -0.25) is 10.0 Å². The van der Waals surface area contributed by atoms with Crippen LogP contribution in [-0.2, 0) is 11.3 Å². The van der Waals surface area contributed by atoms with Crippen LogP contribution < -0.4 is 10.8 Å². The molecule has 130 valence electrons. The van der Waals surface area contributed by atoms with E-state index in [1.165, 1.54) is 17.2 Å². The lowest BCUT2D eigenvalue weighted by Crippen LogP contribution is -2.23. The molecule has 2 unspecified atom stereocenters. The van der Waals surface area contributed by atoms with Gasteiger partial charge >= 0.3 is 0 Å². The van der Waals surface area contributed by atoms with Crippen molar-refractivity contribution in [1.29, 1.82) is 0 Å². The molecule has 3 N–H and O–H groups in total. The highest BCUT2D eigenvalue weighted by Crippen LogP contribution is 2.38. The zero-order chi connectivity index (χ0) is 17.5. The van der Waals surface area contributed by atoms with Crippen molar-refractivity contribution in [2.75, 3.05) is 6.54 Å². The average molecular weight is 354 g/mol. The number of rotatable bonds is 7. The largest absolute Gasteiger partial charge is 0.313 e. The van der Waals surface area contributed by atoms with Crippen LogP contribution >= 0.6 is 11.8 Å². The maximum Gasteiger partial charge on any atom is 0.267 e. The van der Waals surface area contributed by atoms with Gasteiger partial charge < -0.3 is 5.32 Å². The van der Waals surface area contributed by atoms with Gasteiger partial charge in [-0.15, -0.1) is 11.8 Å². The van der Waals surface area contributed by atoms with E-state index in [4.69, 9.17) is 5.21 Å². The van der Waals surface area contributed by atoms with Crippen LogP contribution in [-0.4, -0.2) is 22.9 Å². The van der Waals surface area contributed by atoms with Gasteiger partial charge in [-0.05, 0) is 47.1 Å². The number of nitrogens with one attached hydrogen (secondary N) is 2. The van der Waals surface area contributed by atoms with Gasteiger partial charge in [0.25, 0.3) is 5.91 Å². The summed E-state index contributed by atoms with van der Waals surface area (Å²) in [4.78, 5) is 11.0. The topological polar surface area (TPSA) is 61.4 Å². The van der Waals surface area contributed by atoms with E-state index in [1.54, 1.807) is 11.6 Å². The van der Waals surface area contributed by atoms with Gasteiger partial charge in [-0.2, -0.15) is 0 Å². The molecule has 1 heterocycles. The van der Waals surface area contributed by atoms with E-state index < -0.39 is 5.91 Å². The quantitative estimate of drug-likeness (QED) is 0.304. The molecule has 1 aliphatic carbocycles. The fourth-order valence-corrected chi connectivity index (χ4v) is 4.14. The van der Waals surface area contributed by atoms with Crippen LogP contribution in [0.3, 0.4) is 0 Å². The fourth-order valence-electron chi connectivity index (χ4n) is 2.99. The minimum atomic E-state index is -0.531. The first kappa shape index (κ1) is 17.7. The lowest BCUT2D eigenvalue weighted by atomic mass is 9.91. The molecule has 1 aromatic rings. The summed E-state index contributed by atoms with van der Waals surface area (Å²) in [6.07, 6.45) is 13.0. The van der Waals surface area contributed by atoms with E-state index >= 15 is 0 Å². The molecular formula is C20H22N2O2S. The van der Waals surface area contributed by atoms with Crippen LogP contribution in [0.1, 0.15) is 17.5 Å². The second-order valence-electron chi connectivity index (χ2n) is 6.09. The standard InChI is InChI=1S/C20H22N2O2S/c23-19(22-24)9-8-15-4-6-16(7-5-15)14-21-12-10-17-2-1-3-18-11-13-25-20(17)18/h1-9,11,13,17,20-21,24H,10,12,14H2,(H,22,23)/b9-8+. The van der Waals surface area contributed by atoms with Crippen molar-refractivity contribution in [1.82, 2.24) is 10.8 Å². The van der Waals surface area contributed by atoms with Crippen LogP contribution in [0.5, 0.6) is 0 Å². The molecule has 1 aliphatic heterocycles. The van der Waals surface area contributed by atoms with Crippen LogP contribution in [0, 0.1) is 5.92 Å². The van der Waals surface area contributed by atoms with E-state index in [1.807, 2.05) is 36.0 Å². The zero-order valence-corrected chi connectivity index (χ0v) is 14.7. The minimum absolute atomic E-state index is 0.531. The molecule has 1 amide bonds. The van der Waals surface area contributed by atoms with E-state index in [0.717, 1.165) is 25.1 Å². The second-order valence-corrected chi connectivity index (χ2v) is 7.14. The Morgan fingerprint density at radius 2 is 2.12 bits per heavy atom. The predicted molar refractivity (Wildman–Crippen MR) is 103 cm³/mol. The second kappa shape index (κ2) is 8.85. The Balaban J connectivity index is 1.41. The third-order valence-corrected chi connectivity index (χ3v) is 5.56. The molecule has 0 fully saturated rings. The number of carbonyl (C=O) groups excluding carboxylic acids is 1. The summed E-state index contributed by atoms with van der Waals surface area (Å²) in [6, 6.07) is 8.00. The third kappa shape index (κ3) is 4.95. The van der Waals surface area contributed by atoms with Gasteiger partial charge in [0.05, 0.1) is 0 Å². The average Bonchev–Trinajstić information content (AvgIpc) is 3.13. The maximum atomic E-state index is 11.0. The number of allylic oxidation sites excluding steroid dienone is 4. The fraction of sp³-hybridized carbons (Fsp3) is 0.250. The first-order chi connectivity index (χ1) is 12.3. The molecule has 4 nitrogen and oxygen atoms in total. The Labute approximate surface area is 152 Å². The van der Waals surface area contributed by atoms with Crippen molar-refractivity contribution < 1.29 is 10.0 Å². The van der Waals surface area contributed by atoms with E-state index in [-0.39, 0.29) is 0 Å². The molecule has 2 aliphatic rings. The van der Waals surface area contributed by atoms with Crippen molar-refractivity contribution in [3.63, 3.8) is 0 Å². The Hall–Kier alpha value is -2.08. The Morgan fingerprint density at radius 3 is 2.92 bits per heavy atom. The number of hydrogen-bond acceptors (Lipinski definition) is 4. The van der Waals surface area contributed by atoms with Crippen LogP contribution in [0.4, 0.5) is 0 Å². The van der Waals surface area contributed by atoms with Gasteiger partial charge in [-0.1, -0.05) is 48.6 Å². The number of benzene rings is 1. The summed E-state index contributed by atoms with van der Waals surface area (Å²) in [6.45, 7) is 1.81. The van der Waals surface area contributed by atoms with E-state index in [0.29, 0.717) is 11.2 Å². The molecular weight excluding hydrogens is 332 g/mol. The third-order valence-electron chi connectivity index (χ3n) is 4.35. The van der Waals surface area contributed by atoms with Gasteiger partial charge in [0, 0.05) is 17.9 Å². The summed E-state index contributed by atoms with van der Waals surface area (Å²) in [5.74, 6) is 0.0637. The number of hydroxylamine groups is 1. The highest BCUT2D eigenvalue weighted by atomic mass is 32.2. The smallest absolute Gasteiger partial charge is 0.267 e. The molecule has 0 spiro atoms. The Morgan fingerprint density at radius 1 is 1.28 bits per heavy atom. The molecule has 0 radical (unpaired) electrons. The molecule has 0 saturated heterocycles. The summed E-state index contributed by atoms with van der Waals surface area (Å²) < 4.78 is 0. The first-order valence-electron chi connectivity index (χ1n) is 8.38. The number of thioether (sulfide) groups is 1. The number of fused-ring (bicyclic) bond motifs is 1. The Bertz CT molecular complexity index is 720. The van der Waals surface area contributed by atoms with E-state index in [9.17, 15) is 4.79 Å². The van der Waals surface area contributed by atoms with Crippen molar-refractivity contribution in [3.8, 4) is 0 Å². The Kier molecular flexibility index (Phi) is 6.28. The minimum Gasteiger partial charge on any atom is -0.313 e. The maximum absolute atomic E-state index is 11.0. The normalized spacial score (nSPS) is 21.4. The lowest BCUT2D eigenvalue weighted by Gasteiger charge is -2.23. The van der Waals surface area contributed by atoms with Crippen molar-refractivity contribution in [2.45, 2.75) is 18.2 Å². The summed E-state index contributed by atoms with van der Waals surface area (Å²) >= 11 is 1.92. The summed E-state index contributed by atoms with van der Waals surface area (Å²) in [7, 11) is 0. The van der Waals surface area contributed by atoms with Crippen molar-refractivity contribution in [2.24, 2.45) is 5.92 Å². The molecule has 5 heteroatoms. The van der Waals surface area contributed by atoms with Gasteiger partial charge in [0.2, 0.25) is 0 Å². The van der Waals surface area contributed by atoms with Crippen molar-refractivity contribution in [3.05, 3.63) is 76.8 Å². The van der Waals surface area contributed by atoms with Gasteiger partial charge in [-0.25, -0.2) is 5.48 Å². The highest BCUT2D eigenvalue weighted by Gasteiger charge is 2.26. The first-order valence-corrected chi connectivity index (χ1v) is 9.33. The monoisotopic (exact) mass is 354 g/mol. The molecule has 25 heavy (non-hydrogen) atoms. The molecule has 0 saturated carbocycles. The van der Waals surface area contributed by atoms with Crippen molar-refractivity contribution >= 4 is 23.7 Å². The van der Waals surface area contributed by atoms with Crippen LogP contribution in [0.25, 0.3) is 6.08 Å². The number of carbonyl (C=O) groups is 1. The molecule has 1 aromatic carbocycles. The summed E-state index contributed by atoms with van der Waals surface area (Å²) in [5.41, 5.74) is 5.14. The predicted octanol–water partition coefficient (Wildman–Crippen LogP) is 3.43. The van der Waals surface area contributed by atoms with Crippen LogP contribution in [0.15, 0.2) is 65.6 Å². The zero-order valence-electron chi connectivity index (χ0n) is 13.9.